The molecule has 1 aromatic carbocycles. The summed E-state index contributed by atoms with van der Waals surface area (Å²) >= 11 is 0. The number of nitrogens with two attached hydrogens (primary N) is 1. The van der Waals surface area contributed by atoms with Gasteiger partial charge in [0.1, 0.15) is 5.92 Å². The highest BCUT2D eigenvalue weighted by Gasteiger charge is 2.55. The third-order valence-electron chi connectivity index (χ3n) is 7.08. The molecule has 0 aliphatic carbocycles. The molecule has 3 N–H and O–H groups in total. The molecule has 8 nitrogen and oxygen atoms in total. The van der Waals surface area contributed by atoms with Crippen LogP contribution in [0, 0.1) is 5.92 Å². The summed E-state index contributed by atoms with van der Waals surface area (Å²) in [6, 6.07) is 6.49. The maximum absolute atomic E-state index is 13.6. The van der Waals surface area contributed by atoms with Crippen LogP contribution in [0.5, 0.6) is 11.5 Å². The zero-order valence-electron chi connectivity index (χ0n) is 17.6. The predicted molar refractivity (Wildman–Crippen MR) is 104 cm³/mol. The van der Waals surface area contributed by atoms with Gasteiger partial charge < -0.3 is 44.5 Å². The number of aromatic amines is 1. The number of carbonyl (C=O) groups is 1. The highest BCUT2D eigenvalue weighted by atomic mass is 35.5. The van der Waals surface area contributed by atoms with E-state index in [9.17, 15) is 4.79 Å². The second kappa shape index (κ2) is 9.63. The van der Waals surface area contributed by atoms with E-state index in [1.165, 1.54) is 0 Å². The zero-order chi connectivity index (χ0) is 19.8. The van der Waals surface area contributed by atoms with Crippen molar-refractivity contribution >= 4 is 5.91 Å². The van der Waals surface area contributed by atoms with Crippen molar-refractivity contribution in [2.45, 2.75) is 30.7 Å². The van der Waals surface area contributed by atoms with Crippen LogP contribution in [-0.4, -0.2) is 60.9 Å². The van der Waals surface area contributed by atoms with Gasteiger partial charge in [0.05, 0.1) is 38.3 Å². The number of quaternary nitrogens is 1. The Bertz CT molecular complexity index is 889. The van der Waals surface area contributed by atoms with Crippen LogP contribution in [0.3, 0.4) is 0 Å². The molecule has 2 aromatic rings. The molecule has 0 saturated carbocycles. The van der Waals surface area contributed by atoms with Gasteiger partial charge in [0.25, 0.3) is 6.33 Å². The number of hydrogen-bond acceptors (Lipinski definition) is 4. The number of hydrogen-bond donors (Lipinski definition) is 2. The molecule has 1 amide bonds. The number of fused-ring (bicyclic) bond motifs is 2. The monoisotopic (exact) mass is 469 g/mol. The lowest BCUT2D eigenvalue weighted by Gasteiger charge is -2.40. The summed E-state index contributed by atoms with van der Waals surface area (Å²) in [4.78, 5) is 15.7. The summed E-state index contributed by atoms with van der Waals surface area (Å²) in [5.74, 6) is 1.86. The standard InChI is InChI=1S/C21H27N5O3.2ClH/c1-28-18-4-2-3-16-19(18)29-10-7-21(16)12-22-11-17(21)20(27)25-8-5-15(6-9-25)26-13-23-24-14-26;;/h2-4,13-15,17,22H,5-12H2,1H3;2*1H/t17-,21-;;/m0../s1. The van der Waals surface area contributed by atoms with Crippen LogP contribution in [-0.2, 0) is 10.2 Å². The van der Waals surface area contributed by atoms with E-state index in [0.29, 0.717) is 18.6 Å². The number of methoxy groups -OCH3 is 1. The maximum Gasteiger partial charge on any atom is 0.265 e. The van der Waals surface area contributed by atoms with Crippen molar-refractivity contribution in [1.82, 2.24) is 15.1 Å². The van der Waals surface area contributed by atoms with Crippen molar-refractivity contribution in [1.29, 1.82) is 0 Å². The molecule has 1 spiro atoms. The van der Waals surface area contributed by atoms with Crippen molar-refractivity contribution in [3.63, 3.8) is 0 Å². The molecule has 0 radical (unpaired) electrons. The van der Waals surface area contributed by atoms with Crippen molar-refractivity contribution in [2.75, 3.05) is 39.9 Å². The van der Waals surface area contributed by atoms with Crippen LogP contribution in [0.2, 0.25) is 0 Å². The SMILES string of the molecule is COc1cccc2c1OCC[C@]21C[NH2+]C[C@H]1C(=O)N1CCC([n+]2cn[nH]c2)CC1.[Cl-].[Cl-]. The molecule has 2 fully saturated rings. The molecule has 2 saturated heterocycles. The molecule has 5 rings (SSSR count). The molecule has 0 unspecified atom stereocenters. The first kappa shape index (κ1) is 23.6. The van der Waals surface area contributed by atoms with Crippen LogP contribution in [0.15, 0.2) is 30.9 Å². The van der Waals surface area contributed by atoms with Gasteiger partial charge in [-0.25, -0.2) is 4.57 Å². The minimum absolute atomic E-state index is 0. The normalized spacial score (nSPS) is 25.2. The summed E-state index contributed by atoms with van der Waals surface area (Å²) in [7, 11) is 1.67. The summed E-state index contributed by atoms with van der Waals surface area (Å²) in [6.45, 7) is 4.00. The van der Waals surface area contributed by atoms with E-state index < -0.39 is 0 Å². The maximum atomic E-state index is 13.6. The van der Waals surface area contributed by atoms with Crippen LogP contribution in [0.4, 0.5) is 0 Å². The van der Waals surface area contributed by atoms with Gasteiger partial charge in [0.15, 0.2) is 11.5 Å². The fraction of sp³-hybridized carbons (Fsp3) is 0.571. The van der Waals surface area contributed by atoms with Gasteiger partial charge in [-0.2, -0.15) is 0 Å². The van der Waals surface area contributed by atoms with Crippen LogP contribution < -0.4 is 44.2 Å². The molecular formula is C21H29Cl2N5O3. The van der Waals surface area contributed by atoms with Crippen LogP contribution in [0.1, 0.15) is 30.9 Å². The third-order valence-corrected chi connectivity index (χ3v) is 7.08. The minimum atomic E-state index is -0.171. The van der Waals surface area contributed by atoms with Crippen molar-refractivity contribution < 1.29 is 49.0 Å². The lowest BCUT2D eigenvalue weighted by Crippen LogP contribution is -3.00. The molecule has 10 heteroatoms. The Morgan fingerprint density at radius 1 is 1.35 bits per heavy atom. The highest BCUT2D eigenvalue weighted by Crippen LogP contribution is 2.48. The number of rotatable bonds is 3. The lowest BCUT2D eigenvalue weighted by molar-refractivity contribution is -0.725. The number of likely N-dealkylation sites (tertiary alicyclic amines) is 1. The Hall–Kier alpha value is -2.03. The quantitative estimate of drug-likeness (QED) is 0.438. The first-order chi connectivity index (χ1) is 14.2. The average molecular weight is 470 g/mol. The predicted octanol–water partition coefficient (Wildman–Crippen LogP) is -6.21. The fourth-order valence-electron chi connectivity index (χ4n) is 5.51. The van der Waals surface area contributed by atoms with E-state index in [1.54, 1.807) is 7.11 Å². The van der Waals surface area contributed by atoms with E-state index >= 15 is 0 Å². The van der Waals surface area contributed by atoms with E-state index in [2.05, 4.69) is 31.0 Å². The summed E-state index contributed by atoms with van der Waals surface area (Å²) < 4.78 is 13.6. The number of benzene rings is 1. The number of nitrogens with one attached hydrogen (secondary N) is 1. The van der Waals surface area contributed by atoms with Gasteiger partial charge in [0.2, 0.25) is 12.2 Å². The van der Waals surface area contributed by atoms with E-state index in [-0.39, 0.29) is 36.1 Å². The molecule has 1 aromatic heterocycles. The third kappa shape index (κ3) is 3.97. The summed E-state index contributed by atoms with van der Waals surface area (Å²) in [5, 5.41) is 9.20. The number of halogens is 2. The van der Waals surface area contributed by atoms with E-state index in [4.69, 9.17) is 9.47 Å². The summed E-state index contributed by atoms with van der Waals surface area (Å²) in [6.07, 6.45) is 6.53. The number of H-pyrrole nitrogens is 1. The number of ether oxygens (including phenoxy) is 2. The van der Waals surface area contributed by atoms with Gasteiger partial charge >= 0.3 is 0 Å². The largest absolute Gasteiger partial charge is 1.00 e. The number of aromatic nitrogens is 3. The van der Waals surface area contributed by atoms with Gasteiger partial charge in [-0.3, -0.25) is 4.79 Å². The molecule has 2 atom stereocenters. The molecule has 4 heterocycles. The molecule has 3 aliphatic rings. The van der Waals surface area contributed by atoms with Crippen LogP contribution in [0.25, 0.3) is 0 Å². The van der Waals surface area contributed by atoms with Gasteiger partial charge in [-0.15, -0.1) is 5.10 Å². The van der Waals surface area contributed by atoms with Crippen LogP contribution >= 0.6 is 0 Å². The number of amides is 1. The molecule has 170 valence electrons. The van der Waals surface area contributed by atoms with E-state index in [0.717, 1.165) is 62.5 Å². The first-order valence-electron chi connectivity index (χ1n) is 10.5. The van der Waals surface area contributed by atoms with Gasteiger partial charge in [-0.1, -0.05) is 12.1 Å². The number of piperidine rings is 1. The smallest absolute Gasteiger partial charge is 0.265 e. The highest BCUT2D eigenvalue weighted by molar-refractivity contribution is 5.82. The second-order valence-electron chi connectivity index (χ2n) is 8.38. The van der Waals surface area contributed by atoms with Gasteiger partial charge in [-0.05, 0) is 25.3 Å². The number of nitrogens with zero attached hydrogens (tertiary/aromatic N) is 3. The Balaban J connectivity index is 0.00000136. The average Bonchev–Trinajstić information content (AvgIpc) is 3.44. The van der Waals surface area contributed by atoms with Crippen molar-refractivity contribution in [3.8, 4) is 11.5 Å². The lowest BCUT2D eigenvalue weighted by atomic mass is 9.68. The molecule has 31 heavy (non-hydrogen) atoms. The number of para-hydroxylation sites is 1. The van der Waals surface area contributed by atoms with Gasteiger partial charge in [0, 0.05) is 23.8 Å². The topological polar surface area (TPSA) is 87.9 Å². The van der Waals surface area contributed by atoms with Crippen molar-refractivity contribution in [2.24, 2.45) is 5.92 Å². The minimum Gasteiger partial charge on any atom is -1.00 e. The van der Waals surface area contributed by atoms with E-state index in [1.807, 2.05) is 24.8 Å². The number of carbonyl (C=O) groups excluding carboxylic acids is 1. The Kier molecular flexibility index (Phi) is 7.34. The Labute approximate surface area is 194 Å². The zero-order valence-corrected chi connectivity index (χ0v) is 19.1. The first-order valence-corrected chi connectivity index (χ1v) is 10.5. The molecule has 3 aliphatic heterocycles. The second-order valence-corrected chi connectivity index (χ2v) is 8.38. The summed E-state index contributed by atoms with van der Waals surface area (Å²) in [5.41, 5.74) is 0.967. The molecular weight excluding hydrogens is 441 g/mol. The molecule has 0 bridgehead atoms. The van der Waals surface area contributed by atoms with Crippen molar-refractivity contribution in [3.05, 3.63) is 36.4 Å². The fourth-order valence-corrected chi connectivity index (χ4v) is 5.51. The Morgan fingerprint density at radius 2 is 2.16 bits per heavy atom. The Morgan fingerprint density at radius 3 is 2.87 bits per heavy atom.